The third kappa shape index (κ3) is 4.38. The van der Waals surface area contributed by atoms with E-state index in [4.69, 9.17) is 9.47 Å². The van der Waals surface area contributed by atoms with E-state index in [9.17, 15) is 5.11 Å². The summed E-state index contributed by atoms with van der Waals surface area (Å²) in [6.07, 6.45) is 6.41. The molecule has 1 atom stereocenters. The average molecular weight is 212 g/mol. The minimum Gasteiger partial charge on any atom is -0.508 e. The first-order valence-electron chi connectivity index (χ1n) is 5.49. The zero-order valence-electron chi connectivity index (χ0n) is 9.53. The highest BCUT2D eigenvalue weighted by molar-refractivity contribution is 5.20. The average Bonchev–Trinajstić information content (AvgIpc) is 2.23. The molecular weight excluding hydrogens is 192 g/mol. The van der Waals surface area contributed by atoms with Crippen LogP contribution in [0.5, 0.6) is 0 Å². The molecule has 3 heteroatoms. The van der Waals surface area contributed by atoms with Gasteiger partial charge in [0.05, 0.1) is 6.61 Å². The Labute approximate surface area is 91.4 Å². The molecule has 0 aromatic rings. The van der Waals surface area contributed by atoms with Crippen LogP contribution < -0.4 is 0 Å². The Morgan fingerprint density at radius 3 is 2.93 bits per heavy atom. The summed E-state index contributed by atoms with van der Waals surface area (Å²) in [5.74, 6) is 1.63. The van der Waals surface area contributed by atoms with Gasteiger partial charge in [-0.05, 0) is 18.4 Å². The van der Waals surface area contributed by atoms with E-state index in [0.717, 1.165) is 25.0 Å². The van der Waals surface area contributed by atoms with E-state index in [1.807, 2.05) is 6.08 Å². The van der Waals surface area contributed by atoms with E-state index < -0.39 is 0 Å². The van der Waals surface area contributed by atoms with E-state index in [0.29, 0.717) is 24.9 Å². The smallest absolute Gasteiger partial charge is 0.115 e. The third-order valence-electron chi connectivity index (χ3n) is 2.48. The third-order valence-corrected chi connectivity index (χ3v) is 2.48. The predicted octanol–water partition coefficient (Wildman–Crippen LogP) is 2.80. The van der Waals surface area contributed by atoms with Crippen molar-refractivity contribution < 1.29 is 14.6 Å². The maximum atomic E-state index is 9.46. The molecule has 0 aliphatic heterocycles. The second-order valence-corrected chi connectivity index (χ2v) is 3.77. The van der Waals surface area contributed by atoms with E-state index >= 15 is 0 Å². The molecule has 0 amide bonds. The maximum Gasteiger partial charge on any atom is 0.115 e. The molecule has 1 rings (SSSR count). The molecular formula is C12H20O3. The lowest BCUT2D eigenvalue weighted by molar-refractivity contribution is 0.137. The number of allylic oxidation sites excluding steroid dienone is 3. The fourth-order valence-electron chi connectivity index (χ4n) is 1.60. The van der Waals surface area contributed by atoms with Crippen molar-refractivity contribution in [2.45, 2.75) is 26.2 Å². The van der Waals surface area contributed by atoms with Crippen LogP contribution in [0.4, 0.5) is 0 Å². The molecule has 0 aromatic heterocycles. The van der Waals surface area contributed by atoms with Gasteiger partial charge in [-0.2, -0.15) is 0 Å². The molecule has 86 valence electrons. The van der Waals surface area contributed by atoms with E-state index in [-0.39, 0.29) is 0 Å². The fourth-order valence-corrected chi connectivity index (χ4v) is 1.60. The summed E-state index contributed by atoms with van der Waals surface area (Å²) in [4.78, 5) is 0. The van der Waals surface area contributed by atoms with Gasteiger partial charge < -0.3 is 14.6 Å². The molecule has 1 aliphatic rings. The number of methoxy groups -OCH3 is 1. The van der Waals surface area contributed by atoms with Crippen LogP contribution in [0, 0.1) is 5.92 Å². The lowest BCUT2D eigenvalue weighted by Gasteiger charge is -2.19. The first-order chi connectivity index (χ1) is 7.26. The number of hydrogen-bond donors (Lipinski definition) is 1. The van der Waals surface area contributed by atoms with Gasteiger partial charge in [0.2, 0.25) is 0 Å². The molecule has 1 N–H and O–H groups in total. The first-order valence-corrected chi connectivity index (χ1v) is 5.49. The summed E-state index contributed by atoms with van der Waals surface area (Å²) >= 11 is 0. The number of aliphatic hydroxyl groups excluding tert-OH is 1. The number of aliphatic hydroxyl groups is 1. The van der Waals surface area contributed by atoms with Gasteiger partial charge in [0.1, 0.15) is 11.5 Å². The summed E-state index contributed by atoms with van der Waals surface area (Å²) < 4.78 is 10.5. The van der Waals surface area contributed by atoms with Crippen LogP contribution in [0.2, 0.25) is 0 Å². The second kappa shape index (κ2) is 6.51. The van der Waals surface area contributed by atoms with Crippen LogP contribution in [0.25, 0.3) is 0 Å². The number of rotatable bonds is 6. The normalized spacial score (nSPS) is 20.8. The topological polar surface area (TPSA) is 38.7 Å². The van der Waals surface area contributed by atoms with Crippen molar-refractivity contribution in [3.63, 3.8) is 0 Å². The summed E-state index contributed by atoms with van der Waals surface area (Å²) in [7, 11) is 1.68. The Balaban J connectivity index is 2.32. The van der Waals surface area contributed by atoms with Crippen molar-refractivity contribution in [3.8, 4) is 0 Å². The van der Waals surface area contributed by atoms with Crippen LogP contribution in [0.1, 0.15) is 26.2 Å². The molecule has 3 nitrogen and oxygen atoms in total. The first kappa shape index (κ1) is 12.1. The SMILES string of the molecule is CCC1C=C(O)C=C(OCCCOC)C1. The van der Waals surface area contributed by atoms with Crippen molar-refractivity contribution in [1.82, 2.24) is 0 Å². The van der Waals surface area contributed by atoms with E-state index in [2.05, 4.69) is 6.92 Å². The second-order valence-electron chi connectivity index (χ2n) is 3.77. The Bertz CT molecular complexity index is 243. The molecule has 0 saturated carbocycles. The minimum atomic E-state index is 0.329. The summed E-state index contributed by atoms with van der Waals surface area (Å²) in [5, 5.41) is 9.46. The zero-order valence-corrected chi connectivity index (χ0v) is 9.53. The number of hydrogen-bond acceptors (Lipinski definition) is 3. The predicted molar refractivity (Wildman–Crippen MR) is 59.6 cm³/mol. The highest BCUT2D eigenvalue weighted by Crippen LogP contribution is 2.24. The maximum absolute atomic E-state index is 9.46. The Morgan fingerprint density at radius 2 is 2.27 bits per heavy atom. The molecule has 15 heavy (non-hydrogen) atoms. The molecule has 1 unspecified atom stereocenters. The van der Waals surface area contributed by atoms with Gasteiger partial charge >= 0.3 is 0 Å². The Kier molecular flexibility index (Phi) is 5.26. The minimum absolute atomic E-state index is 0.329. The van der Waals surface area contributed by atoms with Crippen LogP contribution in [0.3, 0.4) is 0 Å². The Morgan fingerprint density at radius 1 is 1.47 bits per heavy atom. The molecule has 0 radical (unpaired) electrons. The molecule has 1 aliphatic carbocycles. The number of ether oxygens (including phenoxy) is 2. The van der Waals surface area contributed by atoms with Crippen LogP contribution in [0.15, 0.2) is 23.7 Å². The summed E-state index contributed by atoms with van der Waals surface area (Å²) in [6, 6.07) is 0. The van der Waals surface area contributed by atoms with Gasteiger partial charge in [-0.3, -0.25) is 0 Å². The van der Waals surface area contributed by atoms with Crippen molar-refractivity contribution in [2.75, 3.05) is 20.3 Å². The van der Waals surface area contributed by atoms with Gasteiger partial charge in [0.25, 0.3) is 0 Å². The lowest BCUT2D eigenvalue weighted by atomic mass is 9.96. The van der Waals surface area contributed by atoms with Crippen LogP contribution in [-0.4, -0.2) is 25.4 Å². The molecule has 0 fully saturated rings. The van der Waals surface area contributed by atoms with E-state index in [1.165, 1.54) is 0 Å². The lowest BCUT2D eigenvalue weighted by Crippen LogP contribution is -2.08. The zero-order chi connectivity index (χ0) is 11.1. The van der Waals surface area contributed by atoms with Crippen molar-refractivity contribution >= 4 is 0 Å². The standard InChI is InChI=1S/C12H20O3/c1-3-10-7-11(13)9-12(8-10)15-6-4-5-14-2/h7,9-10,13H,3-6,8H2,1-2H3. The quantitative estimate of drug-likeness (QED) is 0.688. The molecule has 0 aromatic carbocycles. The highest BCUT2D eigenvalue weighted by Gasteiger charge is 2.14. The van der Waals surface area contributed by atoms with Gasteiger partial charge in [-0.15, -0.1) is 0 Å². The van der Waals surface area contributed by atoms with Gasteiger partial charge in [-0.1, -0.05) is 6.92 Å². The monoisotopic (exact) mass is 212 g/mol. The highest BCUT2D eigenvalue weighted by atomic mass is 16.5. The van der Waals surface area contributed by atoms with E-state index in [1.54, 1.807) is 13.2 Å². The summed E-state index contributed by atoms with van der Waals surface area (Å²) in [5.41, 5.74) is 0. The molecule has 0 saturated heterocycles. The fraction of sp³-hybridized carbons (Fsp3) is 0.667. The van der Waals surface area contributed by atoms with Gasteiger partial charge in [0.15, 0.2) is 0 Å². The molecule has 0 bridgehead atoms. The summed E-state index contributed by atoms with van der Waals surface area (Å²) in [6.45, 7) is 3.48. The van der Waals surface area contributed by atoms with Crippen molar-refractivity contribution in [2.24, 2.45) is 5.92 Å². The van der Waals surface area contributed by atoms with Gasteiger partial charge in [0, 0.05) is 32.6 Å². The molecule has 0 heterocycles. The van der Waals surface area contributed by atoms with Gasteiger partial charge in [-0.25, -0.2) is 0 Å². The van der Waals surface area contributed by atoms with Crippen molar-refractivity contribution in [1.29, 1.82) is 0 Å². The van der Waals surface area contributed by atoms with Crippen LogP contribution >= 0.6 is 0 Å². The largest absolute Gasteiger partial charge is 0.508 e. The van der Waals surface area contributed by atoms with Crippen molar-refractivity contribution in [3.05, 3.63) is 23.7 Å². The van der Waals surface area contributed by atoms with Crippen LogP contribution in [-0.2, 0) is 9.47 Å². The molecule has 0 spiro atoms. The Hall–Kier alpha value is -0.960.